The Balaban J connectivity index is 1.52. The average Bonchev–Trinajstić information content (AvgIpc) is 2.96. The Bertz CT molecular complexity index is 1380. The molecule has 41 heavy (non-hydrogen) atoms. The average molecular weight is 563 g/mol. The molecule has 0 saturated heterocycles. The van der Waals surface area contributed by atoms with Gasteiger partial charge in [0, 0.05) is 13.0 Å². The lowest BCUT2D eigenvalue weighted by Gasteiger charge is -2.23. The lowest BCUT2D eigenvalue weighted by atomic mass is 10.0. The van der Waals surface area contributed by atoms with Crippen LogP contribution in [0.15, 0.2) is 72.8 Å². The van der Waals surface area contributed by atoms with Gasteiger partial charge in [0.25, 0.3) is 5.91 Å². The monoisotopic (exact) mass is 562 g/mol. The number of rotatable bonds is 6. The Kier molecular flexibility index (Phi) is 9.87. The van der Waals surface area contributed by atoms with Crippen molar-refractivity contribution in [1.82, 2.24) is 21.3 Å². The summed E-state index contributed by atoms with van der Waals surface area (Å²) >= 11 is 0. The van der Waals surface area contributed by atoms with Crippen molar-refractivity contribution in [3.05, 3.63) is 95.3 Å². The van der Waals surface area contributed by atoms with E-state index >= 15 is 0 Å². The van der Waals surface area contributed by atoms with Crippen LogP contribution in [0, 0.1) is 5.82 Å². The van der Waals surface area contributed by atoms with E-state index in [1.165, 1.54) is 30.3 Å². The van der Waals surface area contributed by atoms with Crippen LogP contribution in [0.25, 0.3) is 0 Å². The van der Waals surface area contributed by atoms with Crippen LogP contribution in [0.4, 0.5) is 4.39 Å². The predicted molar refractivity (Wildman–Crippen MR) is 148 cm³/mol. The molecule has 5 N–H and O–H groups in total. The van der Waals surface area contributed by atoms with E-state index in [1.807, 2.05) is 0 Å². The molecule has 0 aromatic heterocycles. The van der Waals surface area contributed by atoms with Crippen molar-refractivity contribution in [1.29, 1.82) is 0 Å². The fraction of sp³-hybridized carbons (Fsp3) is 0.267. The van der Waals surface area contributed by atoms with E-state index < -0.39 is 42.1 Å². The van der Waals surface area contributed by atoms with Crippen LogP contribution in [0.5, 0.6) is 11.5 Å². The number of carbonyl (C=O) groups excluding carboxylic acids is 4. The Labute approximate surface area is 236 Å². The molecule has 0 aliphatic carbocycles. The number of amides is 4. The number of benzene rings is 3. The third-order valence-electron chi connectivity index (χ3n) is 6.46. The number of ether oxygens (including phenoxy) is 1. The Hall–Kier alpha value is -4.93. The molecule has 0 unspecified atom stereocenters. The number of phenols is 1. The second-order valence-electron chi connectivity index (χ2n) is 9.52. The van der Waals surface area contributed by atoms with Gasteiger partial charge in [-0.1, -0.05) is 36.4 Å². The molecule has 214 valence electrons. The summed E-state index contributed by atoms with van der Waals surface area (Å²) in [4.78, 5) is 52.5. The maximum atomic E-state index is 13.2. The highest BCUT2D eigenvalue weighted by Gasteiger charge is 2.28. The summed E-state index contributed by atoms with van der Waals surface area (Å²) in [5, 5.41) is 20.3. The summed E-state index contributed by atoms with van der Waals surface area (Å²) < 4.78 is 18.9. The van der Waals surface area contributed by atoms with Gasteiger partial charge in [0.15, 0.2) is 0 Å². The molecule has 0 bridgehead atoms. The molecular formula is C30H31FN4O6. The summed E-state index contributed by atoms with van der Waals surface area (Å²) in [6.07, 6.45) is 0.101. The van der Waals surface area contributed by atoms with Crippen molar-refractivity contribution >= 4 is 23.6 Å². The van der Waals surface area contributed by atoms with Crippen molar-refractivity contribution < 1.29 is 33.4 Å². The molecule has 1 aliphatic heterocycles. The summed E-state index contributed by atoms with van der Waals surface area (Å²) in [7, 11) is 0. The number of aromatic hydroxyl groups is 1. The quantitative estimate of drug-likeness (QED) is 0.309. The molecule has 1 aliphatic rings. The second kappa shape index (κ2) is 13.9. The van der Waals surface area contributed by atoms with E-state index in [2.05, 4.69) is 21.3 Å². The van der Waals surface area contributed by atoms with E-state index in [9.17, 15) is 28.7 Å². The zero-order chi connectivity index (χ0) is 29.2. The SMILES string of the molecule is O=C1C[C@@H](C(=O)NCCc2ccc(F)cc2)NC(=O)c2ccccc2OCCNC(=O)[C@H](Cc2ccc(O)cc2)N1. The molecule has 2 atom stereocenters. The number of hydrogen-bond acceptors (Lipinski definition) is 6. The lowest BCUT2D eigenvalue weighted by Crippen LogP contribution is -2.53. The maximum Gasteiger partial charge on any atom is 0.255 e. The van der Waals surface area contributed by atoms with Gasteiger partial charge in [0.05, 0.1) is 18.5 Å². The zero-order valence-electron chi connectivity index (χ0n) is 22.2. The number of phenolic OH excluding ortho intramolecular Hbond substituents is 1. The van der Waals surface area contributed by atoms with Gasteiger partial charge in [-0.2, -0.15) is 0 Å². The van der Waals surface area contributed by atoms with Gasteiger partial charge in [-0.15, -0.1) is 0 Å². The van der Waals surface area contributed by atoms with Crippen molar-refractivity contribution in [2.45, 2.75) is 31.3 Å². The van der Waals surface area contributed by atoms with Gasteiger partial charge in [0.2, 0.25) is 17.7 Å². The van der Waals surface area contributed by atoms with Gasteiger partial charge in [-0.05, 0) is 53.9 Å². The summed E-state index contributed by atoms with van der Waals surface area (Å²) in [6.45, 7) is 0.364. The smallest absolute Gasteiger partial charge is 0.255 e. The van der Waals surface area contributed by atoms with Crippen molar-refractivity contribution in [3.63, 3.8) is 0 Å². The van der Waals surface area contributed by atoms with E-state index in [-0.39, 0.29) is 49.0 Å². The number of hydrogen-bond donors (Lipinski definition) is 5. The van der Waals surface area contributed by atoms with Crippen LogP contribution in [-0.4, -0.2) is 60.5 Å². The van der Waals surface area contributed by atoms with Gasteiger partial charge < -0.3 is 31.1 Å². The lowest BCUT2D eigenvalue weighted by molar-refractivity contribution is -0.131. The minimum absolute atomic E-state index is 0.0587. The van der Waals surface area contributed by atoms with Crippen molar-refractivity contribution in [2.24, 2.45) is 0 Å². The normalized spacial score (nSPS) is 18.0. The molecule has 10 nitrogen and oxygen atoms in total. The van der Waals surface area contributed by atoms with E-state index in [4.69, 9.17) is 4.74 Å². The van der Waals surface area contributed by atoms with Crippen molar-refractivity contribution in [2.75, 3.05) is 19.7 Å². The molecule has 0 saturated carbocycles. The van der Waals surface area contributed by atoms with E-state index in [0.717, 1.165) is 5.56 Å². The molecule has 0 radical (unpaired) electrons. The number of fused-ring (bicyclic) bond motifs is 1. The zero-order valence-corrected chi connectivity index (χ0v) is 22.2. The summed E-state index contributed by atoms with van der Waals surface area (Å²) in [5.41, 5.74) is 1.66. The number of nitrogens with one attached hydrogen (secondary N) is 4. The maximum absolute atomic E-state index is 13.2. The molecule has 0 spiro atoms. The second-order valence-corrected chi connectivity index (χ2v) is 9.52. The molecule has 3 aromatic rings. The van der Waals surface area contributed by atoms with Crippen LogP contribution in [0.2, 0.25) is 0 Å². The summed E-state index contributed by atoms with van der Waals surface area (Å²) in [6, 6.07) is 16.3. The van der Waals surface area contributed by atoms with Crippen molar-refractivity contribution in [3.8, 4) is 11.5 Å². The highest BCUT2D eigenvalue weighted by molar-refractivity contribution is 6.01. The Morgan fingerprint density at radius 1 is 0.951 bits per heavy atom. The van der Waals surface area contributed by atoms with Crippen LogP contribution < -0.4 is 26.0 Å². The molecular weight excluding hydrogens is 531 g/mol. The molecule has 11 heteroatoms. The highest BCUT2D eigenvalue weighted by atomic mass is 19.1. The van der Waals surface area contributed by atoms with Gasteiger partial charge >= 0.3 is 0 Å². The van der Waals surface area contributed by atoms with E-state index in [1.54, 1.807) is 42.5 Å². The highest BCUT2D eigenvalue weighted by Crippen LogP contribution is 2.18. The first-order chi connectivity index (χ1) is 19.8. The van der Waals surface area contributed by atoms with E-state index in [0.29, 0.717) is 12.0 Å². The molecule has 4 amide bonds. The van der Waals surface area contributed by atoms with Crippen LogP contribution >= 0.6 is 0 Å². The van der Waals surface area contributed by atoms with Gasteiger partial charge in [-0.25, -0.2) is 4.39 Å². The Morgan fingerprint density at radius 2 is 1.66 bits per heavy atom. The van der Waals surface area contributed by atoms with Crippen LogP contribution in [0.1, 0.15) is 27.9 Å². The van der Waals surface area contributed by atoms with Gasteiger partial charge in [-0.3, -0.25) is 19.2 Å². The Morgan fingerprint density at radius 3 is 2.41 bits per heavy atom. The minimum Gasteiger partial charge on any atom is -0.508 e. The topological polar surface area (TPSA) is 146 Å². The third-order valence-corrected chi connectivity index (χ3v) is 6.46. The molecule has 4 rings (SSSR count). The fourth-order valence-electron chi connectivity index (χ4n) is 4.30. The number of carbonyl (C=O) groups is 4. The molecule has 3 aromatic carbocycles. The number of para-hydroxylation sites is 1. The molecule has 0 fully saturated rings. The number of halogens is 1. The fourth-order valence-corrected chi connectivity index (χ4v) is 4.30. The van der Waals surface area contributed by atoms with Gasteiger partial charge in [0.1, 0.15) is 36.0 Å². The van der Waals surface area contributed by atoms with Crippen LogP contribution in [0.3, 0.4) is 0 Å². The predicted octanol–water partition coefficient (Wildman–Crippen LogP) is 1.61. The molecule has 1 heterocycles. The standard InChI is InChI=1S/C30H31FN4O6/c31-21-9-5-19(6-10-21)13-14-32-30(40)25-18-27(37)34-24(17-20-7-11-22(36)12-8-20)29(39)33-15-16-41-26-4-2-1-3-23(26)28(38)35-25/h1-12,24-25,36H,13-18H2,(H,32,40)(H,33,39)(H,34,37)(H,35,38)/t24-,25-/m0/s1. The minimum atomic E-state index is -1.26. The first-order valence-electron chi connectivity index (χ1n) is 13.2. The summed E-state index contributed by atoms with van der Waals surface area (Å²) in [5.74, 6) is -2.32. The largest absolute Gasteiger partial charge is 0.508 e. The third kappa shape index (κ3) is 8.53. The van der Waals surface area contributed by atoms with Crippen LogP contribution in [-0.2, 0) is 27.2 Å². The first-order valence-corrected chi connectivity index (χ1v) is 13.2. The first kappa shape index (κ1) is 29.1.